The average molecular weight is 403 g/mol. The van der Waals surface area contributed by atoms with Crippen LogP contribution in [-0.2, 0) is 9.53 Å². The second-order valence-electron chi connectivity index (χ2n) is 7.95. The third kappa shape index (κ3) is 8.26. The van der Waals surface area contributed by atoms with E-state index < -0.39 is 46.2 Å². The van der Waals surface area contributed by atoms with E-state index in [-0.39, 0.29) is 25.5 Å². The Labute approximate surface area is 162 Å². The lowest BCUT2D eigenvalue weighted by Crippen LogP contribution is -2.44. The quantitative estimate of drug-likeness (QED) is 0.487. The van der Waals surface area contributed by atoms with Crippen LogP contribution in [-0.4, -0.2) is 36.8 Å². The van der Waals surface area contributed by atoms with Crippen LogP contribution in [0.15, 0.2) is 12.1 Å². The molecule has 0 radical (unpaired) electrons. The molecule has 1 aromatic rings. The van der Waals surface area contributed by atoms with E-state index in [1.807, 2.05) is 0 Å². The molecule has 158 valence electrons. The summed E-state index contributed by atoms with van der Waals surface area (Å²) in [4.78, 5) is 24.1. The van der Waals surface area contributed by atoms with Crippen molar-refractivity contribution in [1.29, 1.82) is 0 Å². The molecular formula is C19H26F3N2O4-. The molecule has 28 heavy (non-hydrogen) atoms. The zero-order chi connectivity index (χ0) is 21.7. The molecule has 0 saturated carbocycles. The molecule has 0 heterocycles. The Morgan fingerprint density at radius 1 is 1.11 bits per heavy atom. The predicted molar refractivity (Wildman–Crippen MR) is 94.7 cm³/mol. The molecule has 0 aliphatic heterocycles. The highest BCUT2D eigenvalue weighted by Gasteiger charge is 2.24. The maximum absolute atomic E-state index is 13.6. The number of benzene rings is 1. The number of halogens is 3. The van der Waals surface area contributed by atoms with E-state index in [9.17, 15) is 27.9 Å². The van der Waals surface area contributed by atoms with Gasteiger partial charge in [-0.05, 0) is 24.2 Å². The second kappa shape index (κ2) is 9.38. The summed E-state index contributed by atoms with van der Waals surface area (Å²) in [7, 11) is 0. The maximum atomic E-state index is 13.6. The lowest BCUT2D eigenvalue weighted by atomic mass is 9.90. The zero-order valence-corrected chi connectivity index (χ0v) is 16.6. The summed E-state index contributed by atoms with van der Waals surface area (Å²) in [5.74, 6) is -6.71. The number of ether oxygens (including phenoxy) is 1. The summed E-state index contributed by atoms with van der Waals surface area (Å²) >= 11 is 0. The molecule has 0 saturated heterocycles. The molecule has 6 nitrogen and oxygen atoms in total. The largest absolute Gasteiger partial charge is 0.829 e. The van der Waals surface area contributed by atoms with Crippen LogP contribution in [0.3, 0.4) is 0 Å². The smallest absolute Gasteiger partial charge is 0.254 e. The molecule has 2 N–H and O–H groups in total. The Hall–Kier alpha value is -2.13. The van der Waals surface area contributed by atoms with Gasteiger partial charge in [-0.3, -0.25) is 9.59 Å². The molecule has 0 spiro atoms. The lowest BCUT2D eigenvalue weighted by Gasteiger charge is -2.36. The fourth-order valence-electron chi connectivity index (χ4n) is 2.23. The summed E-state index contributed by atoms with van der Waals surface area (Å²) < 4.78 is 44.9. The van der Waals surface area contributed by atoms with Gasteiger partial charge in [0.2, 0.25) is 5.91 Å². The summed E-state index contributed by atoms with van der Waals surface area (Å²) in [6, 6.07) is 0.180. The van der Waals surface area contributed by atoms with Gasteiger partial charge in [-0.1, -0.05) is 27.7 Å². The first-order valence-corrected chi connectivity index (χ1v) is 8.77. The molecule has 9 heteroatoms. The Bertz CT molecular complexity index is 718. The molecule has 0 bridgehead atoms. The van der Waals surface area contributed by atoms with Crippen LogP contribution in [0.1, 0.15) is 51.4 Å². The number of hydrogen-bond donors (Lipinski definition) is 2. The highest BCUT2D eigenvalue weighted by Crippen LogP contribution is 2.22. The van der Waals surface area contributed by atoms with Gasteiger partial charge in [0, 0.05) is 25.1 Å². The van der Waals surface area contributed by atoms with Gasteiger partial charge in [-0.15, -0.1) is 0 Å². The fourth-order valence-corrected chi connectivity index (χ4v) is 2.23. The molecule has 0 fully saturated rings. The molecule has 0 aromatic heterocycles. The third-order valence-electron chi connectivity index (χ3n) is 3.69. The van der Waals surface area contributed by atoms with Gasteiger partial charge < -0.3 is 20.5 Å². The normalized spacial score (nSPS) is 13.2. The Kier molecular flexibility index (Phi) is 8.01. The van der Waals surface area contributed by atoms with Crippen LogP contribution in [0.5, 0.6) is 0 Å². The van der Waals surface area contributed by atoms with Crippen molar-refractivity contribution in [2.24, 2.45) is 5.41 Å². The van der Waals surface area contributed by atoms with Gasteiger partial charge in [0.1, 0.15) is 5.82 Å². The number of carbonyl (C=O) groups is 2. The second-order valence-corrected chi connectivity index (χ2v) is 7.95. The van der Waals surface area contributed by atoms with Crippen LogP contribution in [0.2, 0.25) is 0 Å². The van der Waals surface area contributed by atoms with Crippen LogP contribution < -0.4 is 15.7 Å². The van der Waals surface area contributed by atoms with Crippen molar-refractivity contribution in [1.82, 2.24) is 10.6 Å². The predicted octanol–water partition coefficient (Wildman–Crippen LogP) is 1.87. The summed E-state index contributed by atoms with van der Waals surface area (Å²) in [5.41, 5.74) is -1.21. The standard InChI is InChI=1S/C19H26F3N2O4/c1-11(24-17(26)12-6-14(21)15(22)7-13(12)20)9-23-16(25)8-18(2,3)10-28-19(4,5)27/h6-7,11H,8-10H2,1-5H3,(H,23,25)(H,24,26)/q-1/t11-/m0/s1. The van der Waals surface area contributed by atoms with E-state index in [0.29, 0.717) is 12.1 Å². The van der Waals surface area contributed by atoms with Crippen molar-refractivity contribution in [2.75, 3.05) is 13.2 Å². The van der Waals surface area contributed by atoms with Crippen LogP contribution in [0.25, 0.3) is 0 Å². The van der Waals surface area contributed by atoms with Crippen LogP contribution in [0.4, 0.5) is 13.2 Å². The van der Waals surface area contributed by atoms with Gasteiger partial charge in [-0.2, -0.15) is 0 Å². The van der Waals surface area contributed by atoms with Crippen LogP contribution >= 0.6 is 0 Å². The minimum absolute atomic E-state index is 0.0415. The number of amides is 2. The molecule has 0 aliphatic rings. The summed E-state index contributed by atoms with van der Waals surface area (Å²) in [5, 5.41) is 16.5. The van der Waals surface area contributed by atoms with Crippen molar-refractivity contribution < 1.29 is 32.6 Å². The summed E-state index contributed by atoms with van der Waals surface area (Å²) in [6.07, 6.45) is 0.0849. The molecule has 1 aromatic carbocycles. The van der Waals surface area contributed by atoms with Gasteiger partial charge in [0.05, 0.1) is 12.2 Å². The Morgan fingerprint density at radius 2 is 1.68 bits per heavy atom. The molecular weight excluding hydrogens is 377 g/mol. The SMILES string of the molecule is C[C@@H](CNC(=O)CC(C)(C)COC(C)(C)[O-])NC(=O)c1cc(F)c(F)cc1F. The maximum Gasteiger partial charge on any atom is 0.254 e. The van der Waals surface area contributed by atoms with Crippen molar-refractivity contribution in [3.8, 4) is 0 Å². The van der Waals surface area contributed by atoms with E-state index in [2.05, 4.69) is 10.6 Å². The first kappa shape index (κ1) is 23.9. The van der Waals surface area contributed by atoms with E-state index >= 15 is 0 Å². The monoisotopic (exact) mass is 403 g/mol. The lowest BCUT2D eigenvalue weighted by molar-refractivity contribution is -0.544. The number of carbonyl (C=O) groups excluding carboxylic acids is 2. The van der Waals surface area contributed by atoms with Crippen LogP contribution in [0, 0.1) is 22.9 Å². The van der Waals surface area contributed by atoms with Crippen molar-refractivity contribution in [2.45, 2.75) is 52.9 Å². The first-order valence-electron chi connectivity index (χ1n) is 8.77. The first-order chi connectivity index (χ1) is 12.7. The van der Waals surface area contributed by atoms with Crippen molar-refractivity contribution in [3.63, 3.8) is 0 Å². The molecule has 0 aliphatic carbocycles. The number of rotatable bonds is 9. The van der Waals surface area contributed by atoms with Gasteiger partial charge >= 0.3 is 0 Å². The Morgan fingerprint density at radius 3 is 2.25 bits per heavy atom. The van der Waals surface area contributed by atoms with E-state index in [1.54, 1.807) is 20.8 Å². The Balaban J connectivity index is 2.51. The summed E-state index contributed by atoms with van der Waals surface area (Å²) in [6.45, 7) is 8.00. The van der Waals surface area contributed by atoms with Gasteiger partial charge in [0.25, 0.3) is 5.91 Å². The highest BCUT2D eigenvalue weighted by molar-refractivity contribution is 5.94. The molecule has 1 rings (SSSR count). The zero-order valence-electron chi connectivity index (χ0n) is 16.6. The number of nitrogens with one attached hydrogen (secondary N) is 2. The minimum atomic E-state index is -1.55. The van der Waals surface area contributed by atoms with Crippen molar-refractivity contribution >= 4 is 11.8 Å². The average Bonchev–Trinajstić information content (AvgIpc) is 2.53. The minimum Gasteiger partial charge on any atom is -0.829 e. The van der Waals surface area contributed by atoms with Gasteiger partial charge in [0.15, 0.2) is 11.6 Å². The van der Waals surface area contributed by atoms with Gasteiger partial charge in [-0.25, -0.2) is 13.2 Å². The van der Waals surface area contributed by atoms with Crippen molar-refractivity contribution in [3.05, 3.63) is 35.1 Å². The highest BCUT2D eigenvalue weighted by atomic mass is 19.2. The topological polar surface area (TPSA) is 90.5 Å². The fraction of sp³-hybridized carbons (Fsp3) is 0.579. The molecule has 2 amide bonds. The third-order valence-corrected chi connectivity index (χ3v) is 3.69. The molecule has 1 atom stereocenters. The van der Waals surface area contributed by atoms with E-state index in [0.717, 1.165) is 0 Å². The molecule has 0 unspecified atom stereocenters. The van der Waals surface area contributed by atoms with E-state index in [4.69, 9.17) is 4.74 Å². The number of hydrogen-bond acceptors (Lipinski definition) is 4. The van der Waals surface area contributed by atoms with E-state index in [1.165, 1.54) is 13.8 Å².